The zero-order valence-electron chi connectivity index (χ0n) is 12.3. The topological polar surface area (TPSA) is 50.4 Å². The van der Waals surface area contributed by atoms with Gasteiger partial charge in [-0.1, -0.05) is 17.7 Å². The van der Waals surface area contributed by atoms with Crippen LogP contribution in [0.4, 0.5) is 4.39 Å². The molecule has 2 aliphatic heterocycles. The van der Waals surface area contributed by atoms with Crippen molar-refractivity contribution in [3.63, 3.8) is 0 Å². The molecule has 3 rings (SSSR count). The van der Waals surface area contributed by atoms with E-state index in [0.717, 1.165) is 12.8 Å². The van der Waals surface area contributed by atoms with Crippen LogP contribution in [0.15, 0.2) is 18.2 Å². The van der Waals surface area contributed by atoms with E-state index in [9.17, 15) is 9.18 Å². The van der Waals surface area contributed by atoms with Gasteiger partial charge in [0.05, 0.1) is 6.04 Å². The van der Waals surface area contributed by atoms with Gasteiger partial charge in [0, 0.05) is 42.3 Å². The maximum absolute atomic E-state index is 13.8. The summed E-state index contributed by atoms with van der Waals surface area (Å²) < 4.78 is 19.2. The Balaban J connectivity index is 1.63. The number of hydrogen-bond donors (Lipinski definition) is 2. The monoisotopic (exact) mass is 326 g/mol. The number of nitrogens with one attached hydrogen (secondary N) is 2. The van der Waals surface area contributed by atoms with Crippen molar-refractivity contribution in [2.24, 2.45) is 5.41 Å². The smallest absolute Gasteiger partial charge is 0.237 e. The normalized spacial score (nSPS) is 23.7. The van der Waals surface area contributed by atoms with Gasteiger partial charge in [0.2, 0.25) is 5.91 Å². The van der Waals surface area contributed by atoms with E-state index >= 15 is 0 Å². The van der Waals surface area contributed by atoms with Crippen molar-refractivity contribution in [1.82, 2.24) is 10.6 Å². The average molecular weight is 327 g/mol. The molecule has 6 heteroatoms. The second-order valence-electron chi connectivity index (χ2n) is 6.03. The molecule has 0 bridgehead atoms. The highest BCUT2D eigenvalue weighted by atomic mass is 35.5. The summed E-state index contributed by atoms with van der Waals surface area (Å²) in [6.07, 6.45) is 2.19. The Morgan fingerprint density at radius 1 is 1.41 bits per heavy atom. The molecule has 2 fully saturated rings. The van der Waals surface area contributed by atoms with E-state index in [2.05, 4.69) is 10.6 Å². The van der Waals surface area contributed by atoms with E-state index in [4.69, 9.17) is 16.3 Å². The Labute approximate surface area is 134 Å². The quantitative estimate of drug-likeness (QED) is 0.888. The molecule has 1 aromatic carbocycles. The molecular formula is C16H20ClFN2O2. The molecule has 2 N–H and O–H groups in total. The maximum Gasteiger partial charge on any atom is 0.237 e. The van der Waals surface area contributed by atoms with Gasteiger partial charge in [0.25, 0.3) is 0 Å². The Morgan fingerprint density at radius 2 is 2.18 bits per heavy atom. The summed E-state index contributed by atoms with van der Waals surface area (Å²) in [4.78, 5) is 12.1. The summed E-state index contributed by atoms with van der Waals surface area (Å²) in [6, 6.07) is 4.45. The minimum Gasteiger partial charge on any atom is -0.381 e. The summed E-state index contributed by atoms with van der Waals surface area (Å²) in [7, 11) is 0. The lowest BCUT2D eigenvalue weighted by Gasteiger charge is -2.36. The molecule has 2 saturated heterocycles. The Hall–Kier alpha value is -1.17. The predicted molar refractivity (Wildman–Crippen MR) is 82.4 cm³/mol. The highest BCUT2D eigenvalue weighted by molar-refractivity contribution is 6.31. The Morgan fingerprint density at radius 3 is 2.91 bits per heavy atom. The lowest BCUT2D eigenvalue weighted by Crippen LogP contribution is -2.49. The minimum atomic E-state index is -0.300. The van der Waals surface area contributed by atoms with Gasteiger partial charge in [-0.2, -0.15) is 0 Å². The van der Waals surface area contributed by atoms with Crippen LogP contribution in [0.1, 0.15) is 18.4 Å². The fraction of sp³-hybridized carbons (Fsp3) is 0.562. The van der Waals surface area contributed by atoms with Gasteiger partial charge in [0.15, 0.2) is 0 Å². The summed E-state index contributed by atoms with van der Waals surface area (Å²) in [6.45, 7) is 2.58. The van der Waals surface area contributed by atoms with Gasteiger partial charge in [-0.15, -0.1) is 0 Å². The van der Waals surface area contributed by atoms with Crippen LogP contribution in [0.25, 0.3) is 0 Å². The zero-order chi connectivity index (χ0) is 15.6. The summed E-state index contributed by atoms with van der Waals surface area (Å²) in [5.41, 5.74) is 0.421. The van der Waals surface area contributed by atoms with E-state index in [1.165, 1.54) is 6.07 Å². The highest BCUT2D eigenvalue weighted by Gasteiger charge is 2.48. The van der Waals surface area contributed by atoms with Crippen LogP contribution in [0.2, 0.25) is 5.02 Å². The number of hydrogen-bond acceptors (Lipinski definition) is 3. The van der Waals surface area contributed by atoms with E-state index in [-0.39, 0.29) is 23.2 Å². The first-order valence-corrected chi connectivity index (χ1v) is 8.02. The molecule has 1 aromatic rings. The van der Waals surface area contributed by atoms with Gasteiger partial charge < -0.3 is 15.4 Å². The van der Waals surface area contributed by atoms with E-state index in [1.807, 2.05) is 0 Å². The molecule has 0 aromatic heterocycles. The molecule has 0 saturated carbocycles. The largest absolute Gasteiger partial charge is 0.381 e. The summed E-state index contributed by atoms with van der Waals surface area (Å²) >= 11 is 6.03. The molecular weight excluding hydrogens is 307 g/mol. The third-order valence-electron chi connectivity index (χ3n) is 4.76. The molecule has 0 radical (unpaired) electrons. The van der Waals surface area contributed by atoms with Gasteiger partial charge >= 0.3 is 0 Å². The van der Waals surface area contributed by atoms with Crippen LogP contribution in [-0.2, 0) is 16.0 Å². The van der Waals surface area contributed by atoms with E-state index in [0.29, 0.717) is 43.3 Å². The number of carbonyl (C=O) groups excluding carboxylic acids is 1. The Bertz CT molecular complexity index is 541. The van der Waals surface area contributed by atoms with E-state index < -0.39 is 0 Å². The molecule has 22 heavy (non-hydrogen) atoms. The first kappa shape index (κ1) is 15.7. The second kappa shape index (κ2) is 6.52. The van der Waals surface area contributed by atoms with Gasteiger partial charge in [-0.25, -0.2) is 4.39 Å². The first-order valence-electron chi connectivity index (χ1n) is 7.64. The van der Waals surface area contributed by atoms with Crippen LogP contribution in [-0.4, -0.2) is 38.3 Å². The number of rotatable bonds is 4. The molecule has 2 heterocycles. The number of halogens is 2. The first-order chi connectivity index (χ1) is 10.6. The molecule has 1 spiro atoms. The van der Waals surface area contributed by atoms with Crippen molar-refractivity contribution in [1.29, 1.82) is 0 Å². The zero-order valence-corrected chi connectivity index (χ0v) is 13.1. The summed E-state index contributed by atoms with van der Waals surface area (Å²) in [5.74, 6) is -0.271. The van der Waals surface area contributed by atoms with Crippen LogP contribution < -0.4 is 10.6 Å². The van der Waals surface area contributed by atoms with Crippen molar-refractivity contribution >= 4 is 17.5 Å². The van der Waals surface area contributed by atoms with Gasteiger partial charge in [-0.3, -0.25) is 4.79 Å². The lowest BCUT2D eigenvalue weighted by atomic mass is 9.76. The summed E-state index contributed by atoms with van der Waals surface area (Å²) in [5, 5.41) is 6.68. The van der Waals surface area contributed by atoms with Gasteiger partial charge in [-0.05, 0) is 31.4 Å². The van der Waals surface area contributed by atoms with Crippen molar-refractivity contribution in [2.45, 2.75) is 25.3 Å². The van der Waals surface area contributed by atoms with E-state index in [1.54, 1.807) is 12.1 Å². The number of benzene rings is 1. The number of ether oxygens (including phenoxy) is 1. The van der Waals surface area contributed by atoms with Crippen LogP contribution in [0.5, 0.6) is 0 Å². The molecule has 2 aliphatic rings. The van der Waals surface area contributed by atoms with Gasteiger partial charge in [0.1, 0.15) is 5.82 Å². The standard InChI is InChI=1S/C16H20ClFN2O2/c17-12-2-1-3-13(18)11(12)4-7-19-14-15(21)20-10-16(14)5-8-22-9-6-16/h1-3,14,19H,4-10H2,(H,20,21). The van der Waals surface area contributed by atoms with Crippen molar-refractivity contribution in [2.75, 3.05) is 26.3 Å². The third-order valence-corrected chi connectivity index (χ3v) is 5.12. The van der Waals surface area contributed by atoms with Crippen molar-refractivity contribution in [3.8, 4) is 0 Å². The third kappa shape index (κ3) is 2.98. The average Bonchev–Trinajstić information content (AvgIpc) is 2.80. The lowest BCUT2D eigenvalue weighted by molar-refractivity contribution is -0.122. The molecule has 0 aliphatic carbocycles. The van der Waals surface area contributed by atoms with Crippen LogP contribution >= 0.6 is 11.6 Å². The molecule has 1 unspecified atom stereocenters. The maximum atomic E-state index is 13.8. The fourth-order valence-electron chi connectivity index (χ4n) is 3.41. The molecule has 120 valence electrons. The minimum absolute atomic E-state index is 0.0292. The highest BCUT2D eigenvalue weighted by Crippen LogP contribution is 2.37. The van der Waals surface area contributed by atoms with Crippen molar-refractivity contribution < 1.29 is 13.9 Å². The Kier molecular flexibility index (Phi) is 4.66. The molecule has 4 nitrogen and oxygen atoms in total. The fourth-order valence-corrected chi connectivity index (χ4v) is 3.67. The van der Waals surface area contributed by atoms with Crippen molar-refractivity contribution in [3.05, 3.63) is 34.6 Å². The number of amides is 1. The van der Waals surface area contributed by atoms with Crippen LogP contribution in [0, 0.1) is 11.2 Å². The SMILES string of the molecule is O=C1NCC2(CCOCC2)C1NCCc1c(F)cccc1Cl. The van der Waals surface area contributed by atoms with Crippen LogP contribution in [0.3, 0.4) is 0 Å². The second-order valence-corrected chi connectivity index (χ2v) is 6.44. The number of carbonyl (C=O) groups is 1. The molecule has 1 amide bonds. The molecule has 1 atom stereocenters. The predicted octanol–water partition coefficient (Wildman–Crippen LogP) is 1.91.